The number of rotatable bonds is 9. The fourth-order valence-corrected chi connectivity index (χ4v) is 3.24. The van der Waals surface area contributed by atoms with Crippen molar-refractivity contribution in [3.63, 3.8) is 0 Å². The van der Waals surface area contributed by atoms with Crippen LogP contribution < -0.4 is 4.90 Å². The molecule has 0 saturated carbocycles. The predicted octanol–water partition coefficient (Wildman–Crippen LogP) is 3.12. The Morgan fingerprint density at radius 2 is 2.21 bits per heavy atom. The molecule has 0 aromatic carbocycles. The van der Waals surface area contributed by atoms with Gasteiger partial charge in [0.25, 0.3) is 0 Å². The lowest BCUT2D eigenvalue weighted by atomic mass is 10.2. The first-order valence-electron chi connectivity index (χ1n) is 6.53. The average molecular weight is 303 g/mol. The van der Waals surface area contributed by atoms with Gasteiger partial charge in [-0.2, -0.15) is 0 Å². The van der Waals surface area contributed by atoms with E-state index in [1.165, 1.54) is 23.1 Å². The molecule has 0 saturated heterocycles. The molecule has 1 aromatic rings. The van der Waals surface area contributed by atoms with Crippen molar-refractivity contribution in [1.82, 2.24) is 10.2 Å². The molecule has 1 unspecified atom stereocenters. The first kappa shape index (κ1) is 16.2. The van der Waals surface area contributed by atoms with E-state index in [0.717, 1.165) is 35.3 Å². The summed E-state index contributed by atoms with van der Waals surface area (Å²) in [5.41, 5.74) is 0. The third-order valence-corrected chi connectivity index (χ3v) is 4.91. The van der Waals surface area contributed by atoms with Crippen LogP contribution in [-0.4, -0.2) is 39.6 Å². The zero-order valence-corrected chi connectivity index (χ0v) is 13.3. The Bertz CT molecular complexity index is 398. The number of carboxylic acid groups (broad SMARTS) is 1. The molecule has 108 valence electrons. The second-order valence-electron chi connectivity index (χ2n) is 4.34. The number of thioether (sulfide) groups is 1. The van der Waals surface area contributed by atoms with Crippen LogP contribution in [0.1, 0.15) is 40.0 Å². The van der Waals surface area contributed by atoms with Crippen molar-refractivity contribution in [2.45, 2.75) is 50.4 Å². The molecule has 0 bridgehead atoms. The van der Waals surface area contributed by atoms with Crippen LogP contribution in [0.15, 0.2) is 4.34 Å². The second-order valence-corrected chi connectivity index (χ2v) is 6.52. The van der Waals surface area contributed by atoms with E-state index in [1.54, 1.807) is 0 Å². The zero-order chi connectivity index (χ0) is 14.3. The molecule has 1 aromatic heterocycles. The van der Waals surface area contributed by atoms with Gasteiger partial charge in [-0.05, 0) is 19.8 Å². The van der Waals surface area contributed by atoms with E-state index in [0.29, 0.717) is 6.04 Å². The van der Waals surface area contributed by atoms with Crippen molar-refractivity contribution in [1.29, 1.82) is 0 Å². The highest BCUT2D eigenvalue weighted by atomic mass is 32.2. The molecule has 0 fully saturated rings. The summed E-state index contributed by atoms with van der Waals surface area (Å²) in [6.07, 6.45) is 3.33. The maximum Gasteiger partial charge on any atom is 0.313 e. The van der Waals surface area contributed by atoms with Crippen LogP contribution in [-0.2, 0) is 4.79 Å². The molecule has 1 atom stereocenters. The maximum atomic E-state index is 10.5. The summed E-state index contributed by atoms with van der Waals surface area (Å²) in [4.78, 5) is 12.8. The molecule has 1 rings (SSSR count). The fraction of sp³-hybridized carbons (Fsp3) is 0.750. The Morgan fingerprint density at radius 1 is 1.47 bits per heavy atom. The lowest BCUT2D eigenvalue weighted by Crippen LogP contribution is -2.33. The average Bonchev–Trinajstić information content (AvgIpc) is 2.85. The van der Waals surface area contributed by atoms with Crippen molar-refractivity contribution in [2.24, 2.45) is 0 Å². The van der Waals surface area contributed by atoms with Crippen molar-refractivity contribution in [3.05, 3.63) is 0 Å². The van der Waals surface area contributed by atoms with Gasteiger partial charge in [0, 0.05) is 12.6 Å². The number of carbonyl (C=O) groups is 1. The highest BCUT2D eigenvalue weighted by molar-refractivity contribution is 8.01. The Labute approximate surface area is 122 Å². The summed E-state index contributed by atoms with van der Waals surface area (Å²) >= 11 is 2.71. The molecule has 0 radical (unpaired) electrons. The predicted molar refractivity (Wildman–Crippen MR) is 80.3 cm³/mol. The van der Waals surface area contributed by atoms with Crippen LogP contribution in [0, 0.1) is 0 Å². The van der Waals surface area contributed by atoms with Gasteiger partial charge in [-0.25, -0.2) is 0 Å². The summed E-state index contributed by atoms with van der Waals surface area (Å²) in [5.74, 6) is -0.793. The minimum Gasteiger partial charge on any atom is -0.481 e. The number of aromatic nitrogens is 2. The minimum absolute atomic E-state index is 0.0346. The van der Waals surface area contributed by atoms with Crippen LogP contribution in [0.2, 0.25) is 0 Å². The molecule has 1 N–H and O–H groups in total. The topological polar surface area (TPSA) is 66.3 Å². The molecule has 1 heterocycles. The summed E-state index contributed by atoms with van der Waals surface area (Å²) < 4.78 is 0.724. The minimum atomic E-state index is -0.827. The van der Waals surface area contributed by atoms with E-state index in [1.807, 2.05) is 0 Å². The van der Waals surface area contributed by atoms with Gasteiger partial charge in [0.2, 0.25) is 5.13 Å². The smallest absolute Gasteiger partial charge is 0.313 e. The third-order valence-electron chi connectivity index (χ3n) is 2.84. The number of nitrogens with zero attached hydrogens (tertiary/aromatic N) is 3. The van der Waals surface area contributed by atoms with Gasteiger partial charge in [0.15, 0.2) is 4.34 Å². The van der Waals surface area contributed by atoms with Gasteiger partial charge >= 0.3 is 5.97 Å². The third kappa shape index (κ3) is 5.36. The maximum absolute atomic E-state index is 10.5. The summed E-state index contributed by atoms with van der Waals surface area (Å²) in [6.45, 7) is 7.48. The standard InChI is InChI=1S/C12H21N3O2S2/c1-4-6-7-15(9(3)5-2)11-13-14-12(19-11)18-8-10(16)17/h9H,4-8H2,1-3H3,(H,16,17). The lowest BCUT2D eigenvalue weighted by Gasteiger charge is -2.27. The highest BCUT2D eigenvalue weighted by Crippen LogP contribution is 2.29. The Balaban J connectivity index is 2.70. The molecule has 0 aliphatic carbocycles. The van der Waals surface area contributed by atoms with Gasteiger partial charge in [-0.1, -0.05) is 43.4 Å². The second kappa shape index (κ2) is 8.37. The molecular weight excluding hydrogens is 282 g/mol. The number of unbranched alkanes of at least 4 members (excludes halogenated alkanes) is 1. The normalized spacial score (nSPS) is 12.4. The van der Waals surface area contributed by atoms with E-state index in [4.69, 9.17) is 5.11 Å². The quantitative estimate of drug-likeness (QED) is 0.707. The molecule has 0 aliphatic rings. The fourth-order valence-electron chi connectivity index (χ4n) is 1.55. The number of aliphatic carboxylic acids is 1. The molecule has 7 heteroatoms. The number of hydrogen-bond donors (Lipinski definition) is 1. The van der Waals surface area contributed by atoms with Gasteiger partial charge in [0.1, 0.15) is 0 Å². The number of anilines is 1. The van der Waals surface area contributed by atoms with E-state index >= 15 is 0 Å². The van der Waals surface area contributed by atoms with Crippen LogP contribution in [0.25, 0.3) is 0 Å². The molecule has 19 heavy (non-hydrogen) atoms. The van der Waals surface area contributed by atoms with E-state index in [-0.39, 0.29) is 5.75 Å². The zero-order valence-electron chi connectivity index (χ0n) is 11.6. The van der Waals surface area contributed by atoms with Crippen molar-refractivity contribution < 1.29 is 9.90 Å². The Kier molecular flexibility index (Phi) is 7.15. The molecule has 0 spiro atoms. The first-order chi connectivity index (χ1) is 9.08. The lowest BCUT2D eigenvalue weighted by molar-refractivity contribution is -0.133. The summed E-state index contributed by atoms with van der Waals surface area (Å²) in [6, 6.07) is 0.428. The van der Waals surface area contributed by atoms with E-state index < -0.39 is 5.97 Å². The van der Waals surface area contributed by atoms with Gasteiger partial charge in [-0.15, -0.1) is 10.2 Å². The SMILES string of the molecule is CCCCN(c1nnc(SCC(=O)O)s1)C(C)CC. The summed E-state index contributed by atoms with van der Waals surface area (Å²) in [5, 5.41) is 17.8. The van der Waals surface area contributed by atoms with Crippen molar-refractivity contribution in [3.8, 4) is 0 Å². The van der Waals surface area contributed by atoms with Crippen LogP contribution >= 0.6 is 23.1 Å². The number of hydrogen-bond acceptors (Lipinski definition) is 6. The Morgan fingerprint density at radius 3 is 2.79 bits per heavy atom. The Hall–Kier alpha value is -0.820. The van der Waals surface area contributed by atoms with Crippen LogP contribution in [0.4, 0.5) is 5.13 Å². The molecule has 0 aliphatic heterocycles. The van der Waals surface area contributed by atoms with Crippen molar-refractivity contribution in [2.75, 3.05) is 17.2 Å². The van der Waals surface area contributed by atoms with Gasteiger partial charge in [0.05, 0.1) is 5.75 Å². The highest BCUT2D eigenvalue weighted by Gasteiger charge is 2.17. The number of carboxylic acids is 1. The monoisotopic (exact) mass is 303 g/mol. The summed E-state index contributed by atoms with van der Waals surface area (Å²) in [7, 11) is 0. The van der Waals surface area contributed by atoms with E-state index in [9.17, 15) is 4.79 Å². The van der Waals surface area contributed by atoms with Crippen LogP contribution in [0.5, 0.6) is 0 Å². The largest absolute Gasteiger partial charge is 0.481 e. The molecular formula is C12H21N3O2S2. The molecule has 5 nitrogen and oxygen atoms in total. The van der Waals surface area contributed by atoms with Gasteiger partial charge in [-0.3, -0.25) is 4.79 Å². The van der Waals surface area contributed by atoms with Gasteiger partial charge < -0.3 is 10.0 Å². The first-order valence-corrected chi connectivity index (χ1v) is 8.33. The van der Waals surface area contributed by atoms with Crippen LogP contribution in [0.3, 0.4) is 0 Å². The van der Waals surface area contributed by atoms with E-state index in [2.05, 4.69) is 35.9 Å². The van der Waals surface area contributed by atoms with Crippen molar-refractivity contribution >= 4 is 34.2 Å². The molecule has 0 amide bonds.